The molecule has 0 bridgehead atoms. The molecule has 0 radical (unpaired) electrons. The SMILES string of the molecule is COc1c[c-]cc(CC(=O)O)c1.Oc1cccc(-c2ccc(C(F)(F)F)cc2)c1.[W]. The van der Waals surface area contributed by atoms with Gasteiger partial charge in [0.05, 0.1) is 12.7 Å². The van der Waals surface area contributed by atoms with Crippen molar-refractivity contribution in [1.82, 2.24) is 0 Å². The van der Waals surface area contributed by atoms with Crippen LogP contribution in [0.2, 0.25) is 0 Å². The second-order valence-electron chi connectivity index (χ2n) is 5.98. The number of benzene rings is 3. The average Bonchev–Trinajstić information content (AvgIpc) is 2.67. The number of rotatable bonds is 4. The van der Waals surface area contributed by atoms with Crippen LogP contribution in [0.15, 0.2) is 66.7 Å². The second kappa shape index (κ2) is 11.4. The number of phenols is 1. The number of carbonyl (C=O) groups is 1. The van der Waals surface area contributed by atoms with Gasteiger partial charge in [0.2, 0.25) is 0 Å². The van der Waals surface area contributed by atoms with Crippen molar-refractivity contribution in [2.45, 2.75) is 12.6 Å². The van der Waals surface area contributed by atoms with Gasteiger partial charge in [0.25, 0.3) is 5.97 Å². The van der Waals surface area contributed by atoms with Gasteiger partial charge in [-0.05, 0) is 35.4 Å². The normalized spacial score (nSPS) is 10.3. The topological polar surface area (TPSA) is 66.8 Å². The van der Waals surface area contributed by atoms with Crippen molar-refractivity contribution >= 4 is 5.97 Å². The van der Waals surface area contributed by atoms with Crippen molar-refractivity contribution in [1.29, 1.82) is 0 Å². The smallest absolute Gasteiger partial charge is 0.416 e. The fourth-order valence-electron chi connectivity index (χ4n) is 2.43. The Morgan fingerprint density at radius 3 is 2.23 bits per heavy atom. The fourth-order valence-corrected chi connectivity index (χ4v) is 2.43. The fraction of sp³-hybridized carbons (Fsp3) is 0.136. The van der Waals surface area contributed by atoms with Crippen LogP contribution in [0.3, 0.4) is 0 Å². The first-order valence-corrected chi connectivity index (χ1v) is 8.41. The van der Waals surface area contributed by atoms with Crippen molar-refractivity contribution in [2.24, 2.45) is 0 Å². The first-order valence-electron chi connectivity index (χ1n) is 8.41. The van der Waals surface area contributed by atoms with E-state index in [0.29, 0.717) is 22.4 Å². The van der Waals surface area contributed by atoms with Crippen LogP contribution in [0, 0.1) is 6.07 Å². The molecule has 0 unspecified atom stereocenters. The van der Waals surface area contributed by atoms with Crippen LogP contribution in [0.5, 0.6) is 11.5 Å². The molecule has 0 amide bonds. The Bertz CT molecular complexity index is 957. The third-order valence-corrected chi connectivity index (χ3v) is 3.80. The molecule has 0 spiro atoms. The van der Waals surface area contributed by atoms with Crippen molar-refractivity contribution in [3.05, 3.63) is 83.9 Å². The van der Waals surface area contributed by atoms with E-state index in [4.69, 9.17) is 9.84 Å². The average molecular weight is 587 g/mol. The number of phenolic OH excluding ortho intramolecular Hbond substituents is 1. The van der Waals surface area contributed by atoms with E-state index in [1.807, 2.05) is 0 Å². The standard InChI is InChI=1S/C13H9F3O.C9H9O3.W/c14-13(15,16)11-6-4-9(5-7-11)10-2-1-3-12(17)8-10;1-12-8-4-2-3-7(5-8)6-9(10)11;/h1-8,17H;3-5H,6H2,1H3,(H,10,11);/q;-1;. The largest absolute Gasteiger partial charge is 0.554 e. The van der Waals surface area contributed by atoms with Crippen molar-refractivity contribution in [3.8, 4) is 22.6 Å². The van der Waals surface area contributed by atoms with E-state index in [-0.39, 0.29) is 33.2 Å². The number of halogens is 3. The van der Waals surface area contributed by atoms with Gasteiger partial charge in [-0.15, -0.1) is 17.7 Å². The van der Waals surface area contributed by atoms with Crippen molar-refractivity contribution in [3.63, 3.8) is 0 Å². The molecule has 3 aromatic carbocycles. The van der Waals surface area contributed by atoms with Crippen LogP contribution in [-0.2, 0) is 38.5 Å². The zero-order valence-electron chi connectivity index (χ0n) is 15.8. The summed E-state index contributed by atoms with van der Waals surface area (Å²) in [6.07, 6.45) is -4.31. The summed E-state index contributed by atoms with van der Waals surface area (Å²) in [4.78, 5) is 10.3. The number of ether oxygens (including phenoxy) is 1. The Balaban J connectivity index is 0.000000308. The molecule has 30 heavy (non-hydrogen) atoms. The van der Waals surface area contributed by atoms with E-state index in [9.17, 15) is 23.1 Å². The summed E-state index contributed by atoms with van der Waals surface area (Å²) < 4.78 is 42.0. The summed E-state index contributed by atoms with van der Waals surface area (Å²) in [6.45, 7) is 0. The Morgan fingerprint density at radius 2 is 1.70 bits per heavy atom. The predicted octanol–water partition coefficient (Wildman–Crippen LogP) is 5.20. The van der Waals surface area contributed by atoms with Crippen LogP contribution < -0.4 is 4.74 Å². The summed E-state index contributed by atoms with van der Waals surface area (Å²) in [5, 5.41) is 17.8. The summed E-state index contributed by atoms with van der Waals surface area (Å²) in [5.74, 6) is -0.132. The zero-order valence-corrected chi connectivity index (χ0v) is 18.7. The van der Waals surface area contributed by atoms with E-state index in [0.717, 1.165) is 12.1 Å². The first kappa shape index (κ1) is 25.2. The Kier molecular flexibility index (Phi) is 9.60. The maximum atomic E-state index is 12.3. The van der Waals surface area contributed by atoms with Crippen LogP contribution in [0.1, 0.15) is 11.1 Å². The molecule has 0 aliphatic heterocycles. The monoisotopic (exact) mass is 587 g/mol. The quantitative estimate of drug-likeness (QED) is 0.413. The summed E-state index contributed by atoms with van der Waals surface area (Å²) >= 11 is 0. The molecular formula is C22H18F3O4W-. The number of aromatic hydroxyl groups is 1. The van der Waals surface area contributed by atoms with Gasteiger partial charge in [0, 0.05) is 33.2 Å². The minimum atomic E-state index is -4.32. The molecule has 0 aromatic heterocycles. The molecule has 0 atom stereocenters. The zero-order chi connectivity index (χ0) is 21.4. The minimum absolute atomic E-state index is 0. The van der Waals surface area contributed by atoms with Crippen LogP contribution in [-0.4, -0.2) is 23.3 Å². The Labute approximate surface area is 186 Å². The predicted molar refractivity (Wildman–Crippen MR) is 102 cm³/mol. The van der Waals surface area contributed by atoms with Gasteiger partial charge in [-0.3, -0.25) is 4.79 Å². The number of carboxylic acids is 1. The molecule has 0 fully saturated rings. The Hall–Kier alpha value is -2.79. The van der Waals surface area contributed by atoms with E-state index in [2.05, 4.69) is 6.07 Å². The van der Waals surface area contributed by atoms with Gasteiger partial charge in [-0.2, -0.15) is 25.3 Å². The molecule has 3 rings (SSSR count). The molecule has 3 aromatic rings. The number of aliphatic carboxylic acids is 1. The number of alkyl halides is 3. The van der Waals surface area contributed by atoms with Gasteiger partial charge >= 0.3 is 6.18 Å². The van der Waals surface area contributed by atoms with Crippen LogP contribution >= 0.6 is 0 Å². The van der Waals surface area contributed by atoms with Gasteiger partial charge < -0.3 is 14.9 Å². The number of hydrogen-bond acceptors (Lipinski definition) is 3. The molecule has 0 aliphatic carbocycles. The molecule has 0 saturated heterocycles. The molecular weight excluding hydrogens is 569 g/mol. The Morgan fingerprint density at radius 1 is 1.03 bits per heavy atom. The molecule has 0 heterocycles. The van der Waals surface area contributed by atoms with E-state index in [1.165, 1.54) is 31.4 Å². The summed E-state index contributed by atoms with van der Waals surface area (Å²) in [5.41, 5.74) is 1.33. The van der Waals surface area contributed by atoms with Gasteiger partial charge in [0.1, 0.15) is 5.75 Å². The van der Waals surface area contributed by atoms with Gasteiger partial charge in [-0.1, -0.05) is 24.3 Å². The minimum Gasteiger partial charge on any atom is -0.554 e. The molecule has 2 N–H and O–H groups in total. The van der Waals surface area contributed by atoms with E-state index in [1.54, 1.807) is 30.3 Å². The van der Waals surface area contributed by atoms with Gasteiger partial charge in [0.15, 0.2) is 0 Å². The first-order chi connectivity index (χ1) is 13.7. The van der Waals surface area contributed by atoms with Crippen molar-refractivity contribution < 1.29 is 54.0 Å². The number of methoxy groups -OCH3 is 1. The maximum absolute atomic E-state index is 12.3. The number of hydrogen-bond donors (Lipinski definition) is 2. The third-order valence-electron chi connectivity index (χ3n) is 3.80. The number of carboxylic acid groups (broad SMARTS) is 1. The molecule has 0 aliphatic rings. The molecule has 4 nitrogen and oxygen atoms in total. The summed E-state index contributed by atoms with van der Waals surface area (Å²) in [7, 11) is 1.54. The van der Waals surface area contributed by atoms with Crippen LogP contribution in [0.25, 0.3) is 11.1 Å². The van der Waals surface area contributed by atoms with Gasteiger partial charge in [-0.25, -0.2) is 0 Å². The molecule has 0 saturated carbocycles. The maximum Gasteiger partial charge on any atom is 0.416 e. The summed E-state index contributed by atoms with van der Waals surface area (Å²) in [6, 6.07) is 19.0. The van der Waals surface area contributed by atoms with Crippen molar-refractivity contribution in [2.75, 3.05) is 7.11 Å². The van der Waals surface area contributed by atoms with Crippen LogP contribution in [0.4, 0.5) is 13.2 Å². The van der Waals surface area contributed by atoms with E-state index >= 15 is 0 Å². The molecule has 158 valence electrons. The van der Waals surface area contributed by atoms with E-state index < -0.39 is 17.7 Å². The third kappa shape index (κ3) is 7.91. The second-order valence-corrected chi connectivity index (χ2v) is 5.98. The molecule has 8 heteroatoms.